The summed E-state index contributed by atoms with van der Waals surface area (Å²) >= 11 is 0. The van der Waals surface area contributed by atoms with E-state index in [0.717, 1.165) is 0 Å². The maximum atomic E-state index is 11.1. The van der Waals surface area contributed by atoms with E-state index >= 15 is 0 Å². The number of carbonyl (C=O) groups is 2. The minimum atomic E-state index is -0.544. The van der Waals surface area contributed by atoms with E-state index in [9.17, 15) is 9.59 Å². The number of hydrogen-bond donors (Lipinski definition) is 0. The highest BCUT2D eigenvalue weighted by Gasteiger charge is 2.27. The van der Waals surface area contributed by atoms with Crippen LogP contribution >= 0.6 is 0 Å². The van der Waals surface area contributed by atoms with Crippen molar-refractivity contribution in [1.29, 1.82) is 0 Å². The van der Waals surface area contributed by atoms with E-state index in [1.807, 2.05) is 0 Å². The number of methoxy groups -OCH3 is 2. The predicted octanol–water partition coefficient (Wildman–Crippen LogP) is -0.341. The Morgan fingerprint density at radius 1 is 1.08 bits per heavy atom. The molecule has 0 amide bonds. The van der Waals surface area contributed by atoms with E-state index < -0.39 is 11.9 Å². The Morgan fingerprint density at radius 3 is 1.77 bits per heavy atom. The van der Waals surface area contributed by atoms with Gasteiger partial charge in [-0.25, -0.2) is 9.59 Å². The monoisotopic (exact) mass is 186 g/mol. The lowest BCUT2D eigenvalue weighted by molar-refractivity contribution is -0.139. The molecule has 0 aromatic rings. The Kier molecular flexibility index (Phi) is 3.02. The summed E-state index contributed by atoms with van der Waals surface area (Å²) in [7, 11) is 2.51. The van der Waals surface area contributed by atoms with Crippen LogP contribution in [0.25, 0.3) is 0 Å². The second-order valence-corrected chi connectivity index (χ2v) is 2.43. The van der Waals surface area contributed by atoms with Gasteiger partial charge < -0.3 is 14.2 Å². The van der Waals surface area contributed by atoms with Gasteiger partial charge in [0.25, 0.3) is 0 Å². The van der Waals surface area contributed by atoms with Crippen molar-refractivity contribution in [3.05, 3.63) is 11.1 Å². The number of ether oxygens (including phenoxy) is 3. The zero-order chi connectivity index (χ0) is 9.84. The molecular weight excluding hydrogens is 176 g/mol. The summed E-state index contributed by atoms with van der Waals surface area (Å²) in [6.45, 7) is 0.216. The molecule has 1 heterocycles. The zero-order valence-electron chi connectivity index (χ0n) is 7.46. The van der Waals surface area contributed by atoms with Gasteiger partial charge in [-0.05, 0) is 0 Å². The van der Waals surface area contributed by atoms with Crippen LogP contribution in [-0.2, 0) is 23.8 Å². The van der Waals surface area contributed by atoms with Gasteiger partial charge in [0.2, 0.25) is 0 Å². The first-order valence-corrected chi connectivity index (χ1v) is 3.67. The van der Waals surface area contributed by atoms with Crippen LogP contribution in [0.4, 0.5) is 0 Å². The Balaban J connectivity index is 2.89. The zero-order valence-corrected chi connectivity index (χ0v) is 7.46. The van der Waals surface area contributed by atoms with Gasteiger partial charge in [0.15, 0.2) is 0 Å². The van der Waals surface area contributed by atoms with E-state index in [1.165, 1.54) is 14.2 Å². The van der Waals surface area contributed by atoms with Crippen LogP contribution in [0.2, 0.25) is 0 Å². The molecule has 0 saturated carbocycles. The third kappa shape index (κ3) is 1.86. The van der Waals surface area contributed by atoms with E-state index in [0.29, 0.717) is 0 Å². The molecule has 0 fully saturated rings. The first kappa shape index (κ1) is 9.73. The summed E-state index contributed by atoms with van der Waals surface area (Å²) in [6, 6.07) is 0. The molecule has 5 heteroatoms. The van der Waals surface area contributed by atoms with Gasteiger partial charge in [0.1, 0.15) is 0 Å². The first-order valence-electron chi connectivity index (χ1n) is 3.67. The summed E-state index contributed by atoms with van der Waals surface area (Å²) in [4.78, 5) is 22.2. The molecule has 1 aliphatic rings. The molecular formula is C8H10O5. The van der Waals surface area contributed by atoms with Gasteiger partial charge in [-0.3, -0.25) is 0 Å². The van der Waals surface area contributed by atoms with Gasteiger partial charge in [0.05, 0.1) is 38.6 Å². The average Bonchev–Trinajstić information content (AvgIpc) is 2.63. The lowest BCUT2D eigenvalue weighted by Gasteiger charge is -2.01. The SMILES string of the molecule is COC(=O)C1=C(C(=O)OC)COC1. The topological polar surface area (TPSA) is 61.8 Å². The van der Waals surface area contributed by atoms with Crippen LogP contribution in [0.3, 0.4) is 0 Å². The molecule has 13 heavy (non-hydrogen) atoms. The Labute approximate surface area is 75.3 Å². The van der Waals surface area contributed by atoms with Gasteiger partial charge in [-0.1, -0.05) is 0 Å². The van der Waals surface area contributed by atoms with Crippen molar-refractivity contribution in [1.82, 2.24) is 0 Å². The molecule has 0 atom stereocenters. The molecule has 0 bridgehead atoms. The van der Waals surface area contributed by atoms with E-state index in [-0.39, 0.29) is 24.4 Å². The molecule has 0 radical (unpaired) electrons. The minimum absolute atomic E-state index is 0.108. The van der Waals surface area contributed by atoms with Crippen LogP contribution in [0.5, 0.6) is 0 Å². The molecule has 0 aromatic carbocycles. The quantitative estimate of drug-likeness (QED) is 0.552. The maximum absolute atomic E-state index is 11.1. The van der Waals surface area contributed by atoms with Gasteiger partial charge in [-0.15, -0.1) is 0 Å². The van der Waals surface area contributed by atoms with Crippen LogP contribution < -0.4 is 0 Å². The van der Waals surface area contributed by atoms with Crippen LogP contribution in [0.1, 0.15) is 0 Å². The number of esters is 2. The lowest BCUT2D eigenvalue weighted by Crippen LogP contribution is -2.13. The third-order valence-corrected chi connectivity index (χ3v) is 1.72. The normalized spacial score (nSPS) is 15.8. The average molecular weight is 186 g/mol. The van der Waals surface area contributed by atoms with E-state index in [1.54, 1.807) is 0 Å². The van der Waals surface area contributed by atoms with Gasteiger partial charge in [-0.2, -0.15) is 0 Å². The molecule has 0 saturated heterocycles. The highest BCUT2D eigenvalue weighted by atomic mass is 16.5. The Hall–Kier alpha value is -1.36. The second-order valence-electron chi connectivity index (χ2n) is 2.43. The summed E-state index contributed by atoms with van der Waals surface area (Å²) in [5, 5.41) is 0. The van der Waals surface area contributed by atoms with Crippen molar-refractivity contribution in [2.24, 2.45) is 0 Å². The summed E-state index contributed by atoms with van der Waals surface area (Å²) in [6.07, 6.45) is 0. The number of rotatable bonds is 2. The second kappa shape index (κ2) is 4.04. The molecule has 0 unspecified atom stereocenters. The van der Waals surface area contributed by atoms with E-state index in [4.69, 9.17) is 4.74 Å². The van der Waals surface area contributed by atoms with Crippen molar-refractivity contribution >= 4 is 11.9 Å². The Morgan fingerprint density at radius 2 is 1.46 bits per heavy atom. The molecule has 0 aliphatic carbocycles. The van der Waals surface area contributed by atoms with Gasteiger partial charge in [0, 0.05) is 0 Å². The van der Waals surface area contributed by atoms with Crippen molar-refractivity contribution in [2.45, 2.75) is 0 Å². The summed E-state index contributed by atoms with van der Waals surface area (Å²) < 4.78 is 13.9. The van der Waals surface area contributed by atoms with Crippen LogP contribution in [0.15, 0.2) is 11.1 Å². The maximum Gasteiger partial charge on any atom is 0.336 e. The molecule has 5 nitrogen and oxygen atoms in total. The van der Waals surface area contributed by atoms with Crippen molar-refractivity contribution in [3.63, 3.8) is 0 Å². The van der Waals surface area contributed by atoms with Crippen LogP contribution in [-0.4, -0.2) is 39.4 Å². The third-order valence-electron chi connectivity index (χ3n) is 1.72. The predicted molar refractivity (Wildman–Crippen MR) is 41.9 cm³/mol. The number of hydrogen-bond acceptors (Lipinski definition) is 5. The smallest absolute Gasteiger partial charge is 0.336 e. The largest absolute Gasteiger partial charge is 0.466 e. The fraction of sp³-hybridized carbons (Fsp3) is 0.500. The standard InChI is InChI=1S/C8H10O5/c1-11-7(9)5-3-13-4-6(5)8(10)12-2/h3-4H2,1-2H3. The highest BCUT2D eigenvalue weighted by Crippen LogP contribution is 2.16. The number of carbonyl (C=O) groups excluding carboxylic acids is 2. The highest BCUT2D eigenvalue weighted by molar-refractivity contribution is 6.01. The molecule has 72 valence electrons. The van der Waals surface area contributed by atoms with E-state index in [2.05, 4.69) is 9.47 Å². The van der Waals surface area contributed by atoms with Crippen molar-refractivity contribution < 1.29 is 23.8 Å². The summed E-state index contributed by atoms with van der Waals surface area (Å²) in [5.74, 6) is -1.09. The fourth-order valence-corrected chi connectivity index (χ4v) is 1.04. The van der Waals surface area contributed by atoms with Gasteiger partial charge >= 0.3 is 11.9 Å². The Bertz CT molecular complexity index is 240. The molecule has 0 spiro atoms. The molecule has 1 aliphatic heterocycles. The molecule has 0 N–H and O–H groups in total. The van der Waals surface area contributed by atoms with Crippen molar-refractivity contribution in [2.75, 3.05) is 27.4 Å². The van der Waals surface area contributed by atoms with Crippen LogP contribution in [0, 0.1) is 0 Å². The summed E-state index contributed by atoms with van der Waals surface area (Å²) in [5.41, 5.74) is 0.490. The van der Waals surface area contributed by atoms with Crippen molar-refractivity contribution in [3.8, 4) is 0 Å². The molecule has 1 rings (SSSR count). The first-order chi connectivity index (χ1) is 6.20. The lowest BCUT2D eigenvalue weighted by atomic mass is 10.1. The minimum Gasteiger partial charge on any atom is -0.466 e. The fourth-order valence-electron chi connectivity index (χ4n) is 1.04. The molecule has 0 aromatic heterocycles.